The zero-order chi connectivity index (χ0) is 12.1. The van der Waals surface area contributed by atoms with Gasteiger partial charge in [-0.05, 0) is 12.8 Å². The van der Waals surface area contributed by atoms with Crippen molar-refractivity contribution < 1.29 is 9.32 Å². The Labute approximate surface area is 106 Å². The molecule has 1 saturated carbocycles. The van der Waals surface area contributed by atoms with Gasteiger partial charge in [0.15, 0.2) is 5.82 Å². The molecule has 0 bridgehead atoms. The van der Waals surface area contributed by atoms with Crippen LogP contribution in [-0.4, -0.2) is 21.2 Å². The number of ketones is 1. The molecule has 1 aliphatic rings. The smallest absolute Gasteiger partial charge is 0.234 e. The summed E-state index contributed by atoms with van der Waals surface area (Å²) < 4.78 is 5.06. The molecule has 0 spiro atoms. The third-order valence-electron chi connectivity index (χ3n) is 3.00. The lowest BCUT2D eigenvalue weighted by molar-refractivity contribution is -0.118. The molecule has 4 nitrogen and oxygen atoms in total. The van der Waals surface area contributed by atoms with Gasteiger partial charge < -0.3 is 4.52 Å². The van der Waals surface area contributed by atoms with E-state index in [9.17, 15) is 4.79 Å². The molecule has 1 fully saturated rings. The number of rotatable bonds is 6. The van der Waals surface area contributed by atoms with Crippen molar-refractivity contribution in [2.75, 3.05) is 0 Å². The lowest BCUT2D eigenvalue weighted by Crippen LogP contribution is -2.01. The third kappa shape index (κ3) is 3.84. The van der Waals surface area contributed by atoms with Gasteiger partial charge in [-0.3, -0.25) is 4.79 Å². The molecule has 5 heteroatoms. The lowest BCUT2D eigenvalue weighted by atomic mass is 10.2. The van der Waals surface area contributed by atoms with E-state index in [1.165, 1.54) is 25.7 Å². The van der Waals surface area contributed by atoms with E-state index in [1.54, 1.807) is 0 Å². The standard InChI is InChI=1S/C12H18N2O2S/c1-2-9(15)7-12-13-11(14-16-12)8-17-10-5-3-4-6-10/h10H,2-8H2,1H3. The molecular formula is C12H18N2O2S. The maximum atomic E-state index is 11.2. The predicted molar refractivity (Wildman–Crippen MR) is 66.9 cm³/mol. The molecule has 1 aromatic rings. The second-order valence-corrected chi connectivity index (χ2v) is 5.68. The first-order valence-corrected chi connectivity index (χ1v) is 7.27. The Morgan fingerprint density at radius 1 is 1.47 bits per heavy atom. The number of hydrogen-bond donors (Lipinski definition) is 0. The van der Waals surface area contributed by atoms with Gasteiger partial charge in [0.25, 0.3) is 0 Å². The summed E-state index contributed by atoms with van der Waals surface area (Å²) in [6.07, 6.45) is 6.11. The summed E-state index contributed by atoms with van der Waals surface area (Å²) in [4.78, 5) is 15.5. The topological polar surface area (TPSA) is 56.0 Å². The maximum absolute atomic E-state index is 11.2. The van der Waals surface area contributed by atoms with E-state index in [1.807, 2.05) is 18.7 Å². The Hall–Kier alpha value is -0.840. The normalized spacial score (nSPS) is 16.5. The lowest BCUT2D eigenvalue weighted by Gasteiger charge is -2.04. The summed E-state index contributed by atoms with van der Waals surface area (Å²) in [7, 11) is 0. The van der Waals surface area contributed by atoms with Gasteiger partial charge in [-0.1, -0.05) is 24.9 Å². The van der Waals surface area contributed by atoms with Crippen LogP contribution in [0.4, 0.5) is 0 Å². The van der Waals surface area contributed by atoms with Crippen molar-refractivity contribution in [3.8, 4) is 0 Å². The molecule has 0 aromatic carbocycles. The molecule has 0 atom stereocenters. The molecule has 0 amide bonds. The third-order valence-corrected chi connectivity index (χ3v) is 4.37. The minimum absolute atomic E-state index is 0.142. The van der Waals surface area contributed by atoms with Crippen molar-refractivity contribution in [2.45, 2.75) is 56.5 Å². The number of nitrogens with zero attached hydrogens (tertiary/aromatic N) is 2. The number of carbonyl (C=O) groups excluding carboxylic acids is 1. The van der Waals surface area contributed by atoms with Crippen LogP contribution in [0.1, 0.15) is 50.7 Å². The Kier molecular flexibility index (Phi) is 4.59. The molecule has 1 heterocycles. The monoisotopic (exact) mass is 254 g/mol. The first-order valence-electron chi connectivity index (χ1n) is 6.22. The SMILES string of the molecule is CCC(=O)Cc1nc(CSC2CCCC2)no1. The van der Waals surface area contributed by atoms with Crippen molar-refractivity contribution in [2.24, 2.45) is 0 Å². The zero-order valence-corrected chi connectivity index (χ0v) is 11.0. The van der Waals surface area contributed by atoms with Gasteiger partial charge in [0.2, 0.25) is 5.89 Å². The molecule has 2 rings (SSSR count). The van der Waals surface area contributed by atoms with Crippen molar-refractivity contribution in [1.29, 1.82) is 0 Å². The van der Waals surface area contributed by atoms with Gasteiger partial charge in [-0.15, -0.1) is 0 Å². The molecule has 0 saturated heterocycles. The zero-order valence-electron chi connectivity index (χ0n) is 10.1. The fraction of sp³-hybridized carbons (Fsp3) is 0.750. The Bertz CT molecular complexity index is 372. The van der Waals surface area contributed by atoms with E-state index in [4.69, 9.17) is 4.52 Å². The van der Waals surface area contributed by atoms with Crippen molar-refractivity contribution >= 4 is 17.5 Å². The van der Waals surface area contributed by atoms with Gasteiger partial charge in [0.05, 0.1) is 12.2 Å². The van der Waals surface area contributed by atoms with E-state index in [0.29, 0.717) is 12.3 Å². The summed E-state index contributed by atoms with van der Waals surface area (Å²) in [5.74, 6) is 2.12. The van der Waals surface area contributed by atoms with Crippen LogP contribution in [0.2, 0.25) is 0 Å². The summed E-state index contributed by atoms with van der Waals surface area (Å²) >= 11 is 1.91. The van der Waals surface area contributed by atoms with E-state index >= 15 is 0 Å². The van der Waals surface area contributed by atoms with Gasteiger partial charge in [0, 0.05) is 11.7 Å². The maximum Gasteiger partial charge on any atom is 0.234 e. The summed E-state index contributed by atoms with van der Waals surface area (Å²) in [5.41, 5.74) is 0. The fourth-order valence-corrected chi connectivity index (χ4v) is 3.13. The summed E-state index contributed by atoms with van der Waals surface area (Å²) in [6.45, 7) is 1.84. The number of aromatic nitrogens is 2. The molecule has 0 radical (unpaired) electrons. The minimum Gasteiger partial charge on any atom is -0.339 e. The Morgan fingerprint density at radius 3 is 2.94 bits per heavy atom. The number of thioether (sulfide) groups is 1. The second-order valence-electron chi connectivity index (χ2n) is 4.39. The van der Waals surface area contributed by atoms with Crippen molar-refractivity contribution in [3.05, 3.63) is 11.7 Å². The van der Waals surface area contributed by atoms with Gasteiger partial charge in [-0.25, -0.2) is 0 Å². The quantitative estimate of drug-likeness (QED) is 0.781. The van der Waals surface area contributed by atoms with E-state index in [-0.39, 0.29) is 12.2 Å². The molecule has 17 heavy (non-hydrogen) atoms. The summed E-state index contributed by atoms with van der Waals surface area (Å²) in [5, 5.41) is 4.66. The van der Waals surface area contributed by atoms with Crippen LogP contribution in [0, 0.1) is 0 Å². The highest BCUT2D eigenvalue weighted by Gasteiger charge is 2.17. The number of carbonyl (C=O) groups is 1. The van der Waals surface area contributed by atoms with Gasteiger partial charge in [0.1, 0.15) is 5.78 Å². The number of hydrogen-bond acceptors (Lipinski definition) is 5. The van der Waals surface area contributed by atoms with Crippen LogP contribution in [0.25, 0.3) is 0 Å². The molecule has 1 aliphatic carbocycles. The molecular weight excluding hydrogens is 236 g/mol. The predicted octanol–water partition coefficient (Wildman–Crippen LogP) is 2.77. The van der Waals surface area contributed by atoms with Crippen molar-refractivity contribution in [3.63, 3.8) is 0 Å². The van der Waals surface area contributed by atoms with Crippen molar-refractivity contribution in [1.82, 2.24) is 10.1 Å². The largest absolute Gasteiger partial charge is 0.339 e. The van der Waals surface area contributed by atoms with E-state index in [0.717, 1.165) is 16.8 Å². The average Bonchev–Trinajstić information content (AvgIpc) is 2.97. The first-order chi connectivity index (χ1) is 8.28. The Morgan fingerprint density at radius 2 is 2.24 bits per heavy atom. The van der Waals surface area contributed by atoms with Gasteiger partial charge in [-0.2, -0.15) is 16.7 Å². The van der Waals surface area contributed by atoms with E-state index in [2.05, 4.69) is 10.1 Å². The molecule has 0 unspecified atom stereocenters. The van der Waals surface area contributed by atoms with Crippen LogP contribution >= 0.6 is 11.8 Å². The second kappa shape index (κ2) is 6.19. The highest BCUT2D eigenvalue weighted by atomic mass is 32.2. The van der Waals surface area contributed by atoms with Crippen LogP contribution in [-0.2, 0) is 17.0 Å². The van der Waals surface area contributed by atoms with E-state index < -0.39 is 0 Å². The van der Waals surface area contributed by atoms with Crippen LogP contribution in [0.3, 0.4) is 0 Å². The Balaban J connectivity index is 1.79. The first kappa shape index (κ1) is 12.6. The molecule has 0 N–H and O–H groups in total. The summed E-state index contributed by atoms with van der Waals surface area (Å²) in [6, 6.07) is 0. The minimum atomic E-state index is 0.142. The van der Waals surface area contributed by atoms with Crippen LogP contribution in [0.5, 0.6) is 0 Å². The fourth-order valence-electron chi connectivity index (χ4n) is 1.96. The molecule has 0 aliphatic heterocycles. The highest BCUT2D eigenvalue weighted by molar-refractivity contribution is 7.99. The average molecular weight is 254 g/mol. The molecule has 94 valence electrons. The van der Waals surface area contributed by atoms with Crippen LogP contribution in [0.15, 0.2) is 4.52 Å². The highest BCUT2D eigenvalue weighted by Crippen LogP contribution is 2.30. The number of Topliss-reactive ketones (excluding diaryl/α,β-unsaturated/α-hetero) is 1. The molecule has 1 aromatic heterocycles. The van der Waals surface area contributed by atoms with Crippen LogP contribution < -0.4 is 0 Å². The van der Waals surface area contributed by atoms with Gasteiger partial charge >= 0.3 is 0 Å².